The molecule has 1 aliphatic carbocycles. The number of ether oxygens (including phenoxy) is 2. The van der Waals surface area contributed by atoms with Crippen LogP contribution in [0.15, 0.2) is 42.5 Å². The predicted molar refractivity (Wildman–Crippen MR) is 96.1 cm³/mol. The van der Waals surface area contributed by atoms with Crippen molar-refractivity contribution in [1.82, 2.24) is 4.90 Å². The molecular weight excluding hydrogens is 338 g/mol. The number of rotatable bonds is 4. The van der Waals surface area contributed by atoms with Crippen molar-refractivity contribution in [3.8, 4) is 11.5 Å². The van der Waals surface area contributed by atoms with Crippen LogP contribution >= 0.6 is 11.6 Å². The molecule has 0 radical (unpaired) electrons. The monoisotopic (exact) mass is 357 g/mol. The zero-order valence-corrected chi connectivity index (χ0v) is 14.7. The lowest BCUT2D eigenvalue weighted by atomic mass is 10.1. The van der Waals surface area contributed by atoms with E-state index >= 15 is 0 Å². The number of nitrogens with zero attached hydrogens (tertiary/aromatic N) is 1. The van der Waals surface area contributed by atoms with Gasteiger partial charge < -0.3 is 14.4 Å². The molecule has 0 N–H and O–H groups in total. The van der Waals surface area contributed by atoms with Crippen LogP contribution in [0.1, 0.15) is 41.6 Å². The number of carbonyl (C=O) groups excluding carboxylic acids is 1. The second kappa shape index (κ2) is 6.96. The Bertz CT molecular complexity index is 786. The zero-order valence-electron chi connectivity index (χ0n) is 13.9. The maximum Gasteiger partial charge on any atom is 0.255 e. The molecule has 25 heavy (non-hydrogen) atoms. The minimum atomic E-state index is -0.00448. The summed E-state index contributed by atoms with van der Waals surface area (Å²) < 4.78 is 10.8. The summed E-state index contributed by atoms with van der Waals surface area (Å²) in [6.45, 7) is 0.801. The lowest BCUT2D eigenvalue weighted by molar-refractivity contribution is 0.0664. The maximum absolute atomic E-state index is 13.2. The van der Waals surface area contributed by atoms with Gasteiger partial charge in [0.05, 0.1) is 10.6 Å². The highest BCUT2D eigenvalue weighted by Crippen LogP contribution is 2.34. The number of benzene rings is 2. The molecule has 130 valence electrons. The highest BCUT2D eigenvalue weighted by Gasteiger charge is 2.29. The van der Waals surface area contributed by atoms with Crippen molar-refractivity contribution < 1.29 is 14.3 Å². The van der Waals surface area contributed by atoms with Gasteiger partial charge in [0, 0.05) is 12.6 Å². The summed E-state index contributed by atoms with van der Waals surface area (Å²) >= 11 is 6.27. The van der Waals surface area contributed by atoms with Gasteiger partial charge in [-0.3, -0.25) is 4.79 Å². The predicted octanol–water partition coefficient (Wildman–Crippen LogP) is 4.65. The quantitative estimate of drug-likeness (QED) is 0.799. The first-order valence-corrected chi connectivity index (χ1v) is 9.04. The van der Waals surface area contributed by atoms with Crippen LogP contribution in [-0.2, 0) is 6.54 Å². The molecular formula is C20H20ClNO3. The van der Waals surface area contributed by atoms with Crippen LogP contribution in [0.4, 0.5) is 0 Å². The molecule has 1 aliphatic heterocycles. The largest absolute Gasteiger partial charge is 0.454 e. The first kappa shape index (κ1) is 16.3. The first-order chi connectivity index (χ1) is 12.2. The highest BCUT2D eigenvalue weighted by molar-refractivity contribution is 6.33. The van der Waals surface area contributed by atoms with E-state index < -0.39 is 0 Å². The molecule has 1 heterocycles. The fourth-order valence-electron chi connectivity index (χ4n) is 3.61. The van der Waals surface area contributed by atoms with Crippen molar-refractivity contribution in [2.45, 2.75) is 38.3 Å². The molecule has 0 atom stereocenters. The van der Waals surface area contributed by atoms with Crippen molar-refractivity contribution in [2.24, 2.45) is 0 Å². The molecule has 0 spiro atoms. The molecule has 1 fully saturated rings. The number of halogens is 1. The van der Waals surface area contributed by atoms with E-state index in [1.54, 1.807) is 12.1 Å². The minimum Gasteiger partial charge on any atom is -0.454 e. The summed E-state index contributed by atoms with van der Waals surface area (Å²) in [5.74, 6) is 1.50. The van der Waals surface area contributed by atoms with Crippen LogP contribution in [-0.4, -0.2) is 23.6 Å². The molecule has 5 heteroatoms. The number of carbonyl (C=O) groups is 1. The second-order valence-electron chi connectivity index (χ2n) is 6.54. The molecule has 0 aromatic heterocycles. The molecule has 2 aromatic rings. The van der Waals surface area contributed by atoms with Crippen molar-refractivity contribution >= 4 is 17.5 Å². The number of hydrogen-bond donors (Lipinski definition) is 0. The van der Waals surface area contributed by atoms with Gasteiger partial charge in [-0.05, 0) is 42.7 Å². The van der Waals surface area contributed by atoms with E-state index in [0.717, 1.165) is 42.7 Å². The average molecular weight is 358 g/mol. The van der Waals surface area contributed by atoms with Gasteiger partial charge in [0.2, 0.25) is 6.79 Å². The fraction of sp³-hybridized carbons (Fsp3) is 0.350. The minimum absolute atomic E-state index is 0.00448. The standard InChI is InChI=1S/C20H20ClNO3/c21-17-8-4-3-7-16(17)20(23)22(15-5-1-2-6-15)12-14-9-10-18-19(11-14)25-13-24-18/h3-4,7-11,15H,1-2,5-6,12-13H2. The molecule has 0 saturated heterocycles. The molecule has 1 saturated carbocycles. The smallest absolute Gasteiger partial charge is 0.255 e. The number of fused-ring (bicyclic) bond motifs is 1. The number of amides is 1. The van der Waals surface area contributed by atoms with Gasteiger partial charge in [0.1, 0.15) is 0 Å². The van der Waals surface area contributed by atoms with E-state index in [-0.39, 0.29) is 18.7 Å². The highest BCUT2D eigenvalue weighted by atomic mass is 35.5. The van der Waals surface area contributed by atoms with Crippen LogP contribution in [0.25, 0.3) is 0 Å². The lowest BCUT2D eigenvalue weighted by Crippen LogP contribution is -2.38. The van der Waals surface area contributed by atoms with E-state index in [0.29, 0.717) is 17.1 Å². The fourth-order valence-corrected chi connectivity index (χ4v) is 3.82. The lowest BCUT2D eigenvalue weighted by Gasteiger charge is -2.29. The van der Waals surface area contributed by atoms with Crippen LogP contribution in [0.5, 0.6) is 11.5 Å². The average Bonchev–Trinajstić information content (AvgIpc) is 3.30. The Morgan fingerprint density at radius 2 is 1.84 bits per heavy atom. The molecule has 4 nitrogen and oxygen atoms in total. The normalized spacial score (nSPS) is 16.2. The number of hydrogen-bond acceptors (Lipinski definition) is 3. The van der Waals surface area contributed by atoms with Crippen molar-refractivity contribution in [2.75, 3.05) is 6.79 Å². The Morgan fingerprint density at radius 1 is 1.08 bits per heavy atom. The molecule has 1 amide bonds. The third-order valence-electron chi connectivity index (χ3n) is 4.92. The maximum atomic E-state index is 13.2. The van der Waals surface area contributed by atoms with E-state index in [9.17, 15) is 4.79 Å². The van der Waals surface area contributed by atoms with Crippen LogP contribution < -0.4 is 9.47 Å². The summed E-state index contributed by atoms with van der Waals surface area (Å²) in [6.07, 6.45) is 4.41. The molecule has 0 bridgehead atoms. The Kier molecular flexibility index (Phi) is 4.53. The Labute approximate surface area is 152 Å². The zero-order chi connectivity index (χ0) is 17.2. The summed E-state index contributed by atoms with van der Waals surface area (Å²) in [6, 6.07) is 13.4. The van der Waals surface area contributed by atoms with Gasteiger partial charge in [0.15, 0.2) is 11.5 Å². The Hall–Kier alpha value is -2.20. The van der Waals surface area contributed by atoms with Crippen LogP contribution in [0, 0.1) is 0 Å². The molecule has 2 aromatic carbocycles. The second-order valence-corrected chi connectivity index (χ2v) is 6.95. The van der Waals surface area contributed by atoms with Crippen LogP contribution in [0.3, 0.4) is 0 Å². The van der Waals surface area contributed by atoms with Crippen LogP contribution in [0.2, 0.25) is 5.02 Å². The van der Waals surface area contributed by atoms with Gasteiger partial charge in [-0.1, -0.05) is 42.6 Å². The molecule has 2 aliphatic rings. The van der Waals surface area contributed by atoms with E-state index in [2.05, 4.69) is 0 Å². The van der Waals surface area contributed by atoms with Crippen molar-refractivity contribution in [3.63, 3.8) is 0 Å². The van der Waals surface area contributed by atoms with Gasteiger partial charge in [-0.15, -0.1) is 0 Å². The summed E-state index contributed by atoms with van der Waals surface area (Å²) in [7, 11) is 0. The van der Waals surface area contributed by atoms with Crippen molar-refractivity contribution in [1.29, 1.82) is 0 Å². The van der Waals surface area contributed by atoms with E-state index in [4.69, 9.17) is 21.1 Å². The third-order valence-corrected chi connectivity index (χ3v) is 5.25. The first-order valence-electron chi connectivity index (χ1n) is 8.66. The summed E-state index contributed by atoms with van der Waals surface area (Å²) in [5.41, 5.74) is 1.60. The SMILES string of the molecule is O=C(c1ccccc1Cl)N(Cc1ccc2c(c1)OCO2)C1CCCC1. The topological polar surface area (TPSA) is 38.8 Å². The van der Waals surface area contributed by atoms with Gasteiger partial charge >= 0.3 is 0 Å². The Morgan fingerprint density at radius 3 is 2.64 bits per heavy atom. The summed E-state index contributed by atoms with van der Waals surface area (Å²) in [4.78, 5) is 15.1. The summed E-state index contributed by atoms with van der Waals surface area (Å²) in [5, 5.41) is 0.501. The van der Waals surface area contributed by atoms with Gasteiger partial charge in [0.25, 0.3) is 5.91 Å². The van der Waals surface area contributed by atoms with Gasteiger partial charge in [-0.2, -0.15) is 0 Å². The van der Waals surface area contributed by atoms with E-state index in [1.165, 1.54) is 0 Å². The Balaban J connectivity index is 1.62. The third kappa shape index (κ3) is 3.31. The molecule has 0 unspecified atom stereocenters. The molecule has 4 rings (SSSR count). The van der Waals surface area contributed by atoms with Gasteiger partial charge in [-0.25, -0.2) is 0 Å². The van der Waals surface area contributed by atoms with Crippen molar-refractivity contribution in [3.05, 3.63) is 58.6 Å². The van der Waals surface area contributed by atoms with E-state index in [1.807, 2.05) is 35.2 Å².